The topological polar surface area (TPSA) is 20.2 Å². The van der Waals surface area contributed by atoms with E-state index in [0.717, 1.165) is 19.3 Å². The van der Waals surface area contributed by atoms with E-state index in [4.69, 9.17) is 0 Å². The van der Waals surface area contributed by atoms with Crippen LogP contribution in [0.15, 0.2) is 12.7 Å². The van der Waals surface area contributed by atoms with Crippen LogP contribution < -0.4 is 0 Å². The Morgan fingerprint density at radius 1 is 1.60 bits per heavy atom. The molecular weight excluding hydrogens is 124 g/mol. The van der Waals surface area contributed by atoms with Gasteiger partial charge in [-0.3, -0.25) is 0 Å². The first-order valence-electron chi connectivity index (χ1n) is 4.01. The molecule has 2 unspecified atom stereocenters. The van der Waals surface area contributed by atoms with Crippen LogP contribution in [0.5, 0.6) is 0 Å². The normalized spacial score (nSPS) is 16.3. The summed E-state index contributed by atoms with van der Waals surface area (Å²) in [5.74, 6) is 0.419. The second-order valence-corrected chi connectivity index (χ2v) is 2.86. The highest BCUT2D eigenvalue weighted by molar-refractivity contribution is 4.75. The summed E-state index contributed by atoms with van der Waals surface area (Å²) in [4.78, 5) is 0. The molecule has 0 radical (unpaired) electrons. The quantitative estimate of drug-likeness (QED) is 0.584. The molecule has 1 nitrogen and oxygen atoms in total. The zero-order valence-corrected chi connectivity index (χ0v) is 7.01. The van der Waals surface area contributed by atoms with Crippen molar-refractivity contribution in [2.45, 2.75) is 39.2 Å². The number of hydrogen-bond acceptors (Lipinski definition) is 1. The summed E-state index contributed by atoms with van der Waals surface area (Å²) in [6.07, 6.45) is 4.57. The van der Waals surface area contributed by atoms with Crippen molar-refractivity contribution in [1.29, 1.82) is 0 Å². The van der Waals surface area contributed by atoms with Gasteiger partial charge in [-0.15, -0.1) is 6.58 Å². The largest absolute Gasteiger partial charge is 0.393 e. The summed E-state index contributed by atoms with van der Waals surface area (Å²) in [7, 11) is 0. The van der Waals surface area contributed by atoms with Gasteiger partial charge >= 0.3 is 0 Å². The molecule has 60 valence electrons. The van der Waals surface area contributed by atoms with Crippen LogP contribution in [0.2, 0.25) is 0 Å². The Labute approximate surface area is 63.8 Å². The molecule has 0 bridgehead atoms. The minimum atomic E-state index is -0.183. The smallest absolute Gasteiger partial charge is 0.0600 e. The molecule has 10 heavy (non-hydrogen) atoms. The Hall–Kier alpha value is -0.300. The van der Waals surface area contributed by atoms with Crippen LogP contribution in [0, 0.1) is 5.92 Å². The van der Waals surface area contributed by atoms with Crippen molar-refractivity contribution in [3.8, 4) is 0 Å². The first kappa shape index (κ1) is 9.70. The molecule has 0 aliphatic carbocycles. The highest BCUT2D eigenvalue weighted by Gasteiger charge is 2.10. The van der Waals surface area contributed by atoms with E-state index in [9.17, 15) is 5.11 Å². The van der Waals surface area contributed by atoms with Gasteiger partial charge in [0.05, 0.1) is 6.10 Å². The van der Waals surface area contributed by atoms with Crippen LogP contribution in [0.3, 0.4) is 0 Å². The monoisotopic (exact) mass is 142 g/mol. The third-order valence-corrected chi connectivity index (χ3v) is 1.81. The molecule has 0 aliphatic rings. The molecular formula is C9H18O. The molecule has 0 spiro atoms. The minimum absolute atomic E-state index is 0.183. The molecule has 0 aromatic rings. The van der Waals surface area contributed by atoms with E-state index in [1.165, 1.54) is 0 Å². The number of rotatable bonds is 5. The Morgan fingerprint density at radius 2 is 2.20 bits per heavy atom. The highest BCUT2D eigenvalue weighted by atomic mass is 16.3. The average molecular weight is 142 g/mol. The number of aliphatic hydroxyl groups excluding tert-OH is 1. The Kier molecular flexibility index (Phi) is 5.32. The van der Waals surface area contributed by atoms with Gasteiger partial charge in [-0.25, -0.2) is 0 Å². The number of aliphatic hydroxyl groups is 1. The molecule has 0 fully saturated rings. The lowest BCUT2D eigenvalue weighted by Crippen LogP contribution is -2.15. The molecule has 0 heterocycles. The van der Waals surface area contributed by atoms with Crippen molar-refractivity contribution in [1.82, 2.24) is 0 Å². The van der Waals surface area contributed by atoms with Gasteiger partial charge in [0, 0.05) is 0 Å². The molecule has 0 aromatic carbocycles. The molecule has 0 saturated heterocycles. The summed E-state index contributed by atoms with van der Waals surface area (Å²) < 4.78 is 0. The maximum atomic E-state index is 9.38. The lowest BCUT2D eigenvalue weighted by Gasteiger charge is -2.15. The van der Waals surface area contributed by atoms with Crippen molar-refractivity contribution >= 4 is 0 Å². The van der Waals surface area contributed by atoms with Gasteiger partial charge in [-0.2, -0.15) is 0 Å². The molecule has 1 heteroatoms. The summed E-state index contributed by atoms with van der Waals surface area (Å²) in [5, 5.41) is 9.38. The van der Waals surface area contributed by atoms with Crippen molar-refractivity contribution in [2.24, 2.45) is 5.92 Å². The maximum Gasteiger partial charge on any atom is 0.0600 e. The highest BCUT2D eigenvalue weighted by Crippen LogP contribution is 2.12. The average Bonchev–Trinajstić information content (AvgIpc) is 1.89. The van der Waals surface area contributed by atoms with Crippen LogP contribution >= 0.6 is 0 Å². The van der Waals surface area contributed by atoms with Gasteiger partial charge in [0.1, 0.15) is 0 Å². The summed E-state index contributed by atoms with van der Waals surface area (Å²) in [5.41, 5.74) is 0. The van der Waals surface area contributed by atoms with E-state index in [2.05, 4.69) is 20.4 Å². The van der Waals surface area contributed by atoms with Crippen LogP contribution in [0.25, 0.3) is 0 Å². The summed E-state index contributed by atoms with van der Waals surface area (Å²) in [6, 6.07) is 0. The van der Waals surface area contributed by atoms with Crippen molar-refractivity contribution in [2.75, 3.05) is 0 Å². The fraction of sp³-hybridized carbons (Fsp3) is 0.778. The van der Waals surface area contributed by atoms with Crippen LogP contribution in [0.1, 0.15) is 33.1 Å². The van der Waals surface area contributed by atoms with Gasteiger partial charge < -0.3 is 5.11 Å². The molecule has 1 N–H and O–H groups in total. The Balaban J connectivity index is 3.47. The maximum absolute atomic E-state index is 9.38. The molecule has 0 aliphatic heterocycles. The zero-order valence-electron chi connectivity index (χ0n) is 7.01. The lowest BCUT2D eigenvalue weighted by molar-refractivity contribution is 0.114. The second kappa shape index (κ2) is 5.48. The van der Waals surface area contributed by atoms with Crippen molar-refractivity contribution in [3.63, 3.8) is 0 Å². The SMILES string of the molecule is C=CCC(O)C(C)CCC. The van der Waals surface area contributed by atoms with E-state index < -0.39 is 0 Å². The molecule has 0 amide bonds. The zero-order chi connectivity index (χ0) is 7.98. The van der Waals surface area contributed by atoms with E-state index in [-0.39, 0.29) is 6.10 Å². The fourth-order valence-electron chi connectivity index (χ4n) is 1.05. The van der Waals surface area contributed by atoms with Gasteiger partial charge in [-0.1, -0.05) is 26.3 Å². The third kappa shape index (κ3) is 3.67. The van der Waals surface area contributed by atoms with E-state index in [1.807, 2.05) is 0 Å². The fourth-order valence-corrected chi connectivity index (χ4v) is 1.05. The van der Waals surface area contributed by atoms with E-state index in [1.54, 1.807) is 6.08 Å². The van der Waals surface area contributed by atoms with Crippen LogP contribution in [-0.4, -0.2) is 11.2 Å². The van der Waals surface area contributed by atoms with Gasteiger partial charge in [-0.05, 0) is 18.8 Å². The predicted molar refractivity (Wildman–Crippen MR) is 44.9 cm³/mol. The second-order valence-electron chi connectivity index (χ2n) is 2.86. The van der Waals surface area contributed by atoms with E-state index >= 15 is 0 Å². The first-order chi connectivity index (χ1) is 4.72. The van der Waals surface area contributed by atoms with Crippen LogP contribution in [-0.2, 0) is 0 Å². The van der Waals surface area contributed by atoms with Crippen LogP contribution in [0.4, 0.5) is 0 Å². The Bertz CT molecular complexity index is 88.7. The van der Waals surface area contributed by atoms with Gasteiger partial charge in [0.2, 0.25) is 0 Å². The molecule has 2 atom stereocenters. The molecule has 0 rings (SSSR count). The molecule has 0 saturated carbocycles. The summed E-state index contributed by atoms with van der Waals surface area (Å²) >= 11 is 0. The summed E-state index contributed by atoms with van der Waals surface area (Å²) in [6.45, 7) is 7.80. The first-order valence-corrected chi connectivity index (χ1v) is 4.01. The minimum Gasteiger partial charge on any atom is -0.393 e. The van der Waals surface area contributed by atoms with Crippen molar-refractivity contribution in [3.05, 3.63) is 12.7 Å². The van der Waals surface area contributed by atoms with Gasteiger partial charge in [0.25, 0.3) is 0 Å². The number of hydrogen-bond donors (Lipinski definition) is 1. The standard InChI is InChI=1S/C9H18O/c1-4-6-8(3)9(10)7-5-2/h5,8-10H,2,4,6-7H2,1,3H3. The third-order valence-electron chi connectivity index (χ3n) is 1.81. The predicted octanol–water partition coefficient (Wildman–Crippen LogP) is 2.36. The Morgan fingerprint density at radius 3 is 2.60 bits per heavy atom. The van der Waals surface area contributed by atoms with Gasteiger partial charge in [0.15, 0.2) is 0 Å². The molecule has 0 aromatic heterocycles. The lowest BCUT2D eigenvalue weighted by atomic mass is 9.97. The van der Waals surface area contributed by atoms with Crippen molar-refractivity contribution < 1.29 is 5.11 Å². The van der Waals surface area contributed by atoms with E-state index in [0.29, 0.717) is 5.92 Å².